The maximum Gasteiger partial charge on any atom is 0.146 e. The number of methoxy groups -OCH3 is 1. The summed E-state index contributed by atoms with van der Waals surface area (Å²) in [6, 6.07) is 0. The Bertz CT molecular complexity index is 106. The molecule has 0 N–H and O–H groups in total. The van der Waals surface area contributed by atoms with Crippen LogP contribution in [0, 0.1) is 0 Å². The SMILES string of the molecule is CCC[C@H]1O[C@@H]1COCOC. The van der Waals surface area contributed by atoms with Gasteiger partial charge in [0.05, 0.1) is 12.7 Å². The van der Waals surface area contributed by atoms with Gasteiger partial charge in [0.1, 0.15) is 12.9 Å². The molecular weight excluding hydrogens is 144 g/mol. The van der Waals surface area contributed by atoms with Gasteiger partial charge < -0.3 is 14.2 Å². The normalized spacial score (nSPS) is 28.9. The minimum absolute atomic E-state index is 0.338. The highest BCUT2D eigenvalue weighted by molar-refractivity contribution is 4.83. The van der Waals surface area contributed by atoms with Crippen molar-refractivity contribution in [3.05, 3.63) is 0 Å². The molecule has 0 aromatic heterocycles. The lowest BCUT2D eigenvalue weighted by atomic mass is 10.2. The van der Waals surface area contributed by atoms with E-state index in [1.165, 1.54) is 6.42 Å². The summed E-state index contributed by atoms with van der Waals surface area (Å²) in [5.41, 5.74) is 0. The highest BCUT2D eigenvalue weighted by atomic mass is 16.7. The average molecular weight is 160 g/mol. The summed E-state index contributed by atoms with van der Waals surface area (Å²) in [5, 5.41) is 0. The standard InChI is InChI=1S/C8H16O3/c1-3-4-7-8(11-7)5-10-6-9-2/h7-8H,3-6H2,1-2H3/t7-,8-/m1/s1. The summed E-state index contributed by atoms with van der Waals surface area (Å²) in [7, 11) is 1.62. The molecule has 1 fully saturated rings. The molecule has 0 saturated carbocycles. The fourth-order valence-corrected chi connectivity index (χ4v) is 1.11. The summed E-state index contributed by atoms with van der Waals surface area (Å²) >= 11 is 0. The molecule has 1 rings (SSSR count). The summed E-state index contributed by atoms with van der Waals surface area (Å²) in [6.45, 7) is 3.21. The number of epoxide rings is 1. The second kappa shape index (κ2) is 4.70. The van der Waals surface area contributed by atoms with Gasteiger partial charge in [-0.05, 0) is 6.42 Å². The lowest BCUT2D eigenvalue weighted by molar-refractivity contribution is -0.0351. The summed E-state index contributed by atoms with van der Waals surface area (Å²) in [4.78, 5) is 0. The Morgan fingerprint density at radius 2 is 2.18 bits per heavy atom. The van der Waals surface area contributed by atoms with Gasteiger partial charge in [0, 0.05) is 7.11 Å². The van der Waals surface area contributed by atoms with E-state index in [-0.39, 0.29) is 0 Å². The number of ether oxygens (including phenoxy) is 3. The van der Waals surface area contributed by atoms with Gasteiger partial charge in [0.2, 0.25) is 0 Å². The van der Waals surface area contributed by atoms with Crippen LogP contribution in [0.15, 0.2) is 0 Å². The zero-order chi connectivity index (χ0) is 8.10. The fraction of sp³-hybridized carbons (Fsp3) is 1.00. The van der Waals surface area contributed by atoms with Gasteiger partial charge in [-0.15, -0.1) is 0 Å². The van der Waals surface area contributed by atoms with Crippen molar-refractivity contribution >= 4 is 0 Å². The van der Waals surface area contributed by atoms with Crippen LogP contribution in [0.25, 0.3) is 0 Å². The predicted octanol–water partition coefficient (Wildman–Crippen LogP) is 1.17. The lowest BCUT2D eigenvalue weighted by Crippen LogP contribution is -2.06. The van der Waals surface area contributed by atoms with Crippen LogP contribution in [-0.2, 0) is 14.2 Å². The van der Waals surface area contributed by atoms with E-state index in [9.17, 15) is 0 Å². The van der Waals surface area contributed by atoms with E-state index >= 15 is 0 Å². The maximum absolute atomic E-state index is 5.32. The molecule has 2 atom stereocenters. The van der Waals surface area contributed by atoms with Crippen LogP contribution < -0.4 is 0 Å². The number of hydrogen-bond donors (Lipinski definition) is 0. The van der Waals surface area contributed by atoms with E-state index in [1.54, 1.807) is 7.11 Å². The molecule has 1 heterocycles. The molecule has 3 heteroatoms. The first-order valence-corrected chi connectivity index (χ1v) is 4.10. The second-order valence-electron chi connectivity index (χ2n) is 2.78. The van der Waals surface area contributed by atoms with E-state index in [0.29, 0.717) is 25.6 Å². The molecule has 3 nitrogen and oxygen atoms in total. The Balaban J connectivity index is 1.87. The first kappa shape index (κ1) is 8.97. The van der Waals surface area contributed by atoms with Crippen molar-refractivity contribution in [3.8, 4) is 0 Å². The van der Waals surface area contributed by atoms with Crippen LogP contribution in [0.1, 0.15) is 19.8 Å². The van der Waals surface area contributed by atoms with Crippen LogP contribution in [0.3, 0.4) is 0 Å². The monoisotopic (exact) mass is 160 g/mol. The third kappa shape index (κ3) is 3.18. The molecule has 11 heavy (non-hydrogen) atoms. The van der Waals surface area contributed by atoms with E-state index in [2.05, 4.69) is 6.92 Å². The Hall–Kier alpha value is -0.120. The highest BCUT2D eigenvalue weighted by Crippen LogP contribution is 2.26. The lowest BCUT2D eigenvalue weighted by Gasteiger charge is -1.97. The first-order valence-electron chi connectivity index (χ1n) is 4.10. The topological polar surface area (TPSA) is 31.0 Å². The molecule has 0 aromatic rings. The summed E-state index contributed by atoms with van der Waals surface area (Å²) < 4.78 is 15.2. The van der Waals surface area contributed by atoms with Crippen LogP contribution >= 0.6 is 0 Å². The van der Waals surface area contributed by atoms with Crippen molar-refractivity contribution in [1.29, 1.82) is 0 Å². The molecule has 0 aliphatic carbocycles. The summed E-state index contributed by atoms with van der Waals surface area (Å²) in [6.07, 6.45) is 3.13. The third-order valence-corrected chi connectivity index (χ3v) is 1.74. The van der Waals surface area contributed by atoms with E-state index in [0.717, 1.165) is 6.42 Å². The molecule has 1 aliphatic rings. The zero-order valence-electron chi connectivity index (χ0n) is 7.21. The van der Waals surface area contributed by atoms with Crippen molar-refractivity contribution in [2.75, 3.05) is 20.5 Å². The van der Waals surface area contributed by atoms with Gasteiger partial charge in [-0.1, -0.05) is 13.3 Å². The molecule has 1 saturated heterocycles. The van der Waals surface area contributed by atoms with Crippen molar-refractivity contribution in [2.24, 2.45) is 0 Å². The average Bonchev–Trinajstić information content (AvgIpc) is 2.70. The van der Waals surface area contributed by atoms with Crippen molar-refractivity contribution < 1.29 is 14.2 Å². The minimum atomic E-state index is 0.338. The highest BCUT2D eigenvalue weighted by Gasteiger charge is 2.37. The predicted molar refractivity (Wildman–Crippen MR) is 41.4 cm³/mol. The van der Waals surface area contributed by atoms with E-state index < -0.39 is 0 Å². The van der Waals surface area contributed by atoms with Gasteiger partial charge in [-0.25, -0.2) is 0 Å². The Morgan fingerprint density at radius 3 is 2.82 bits per heavy atom. The molecule has 0 amide bonds. The van der Waals surface area contributed by atoms with Crippen LogP contribution in [-0.4, -0.2) is 32.7 Å². The van der Waals surface area contributed by atoms with E-state index in [1.807, 2.05) is 0 Å². The Morgan fingerprint density at radius 1 is 1.36 bits per heavy atom. The molecular formula is C8H16O3. The molecule has 0 spiro atoms. The molecule has 0 bridgehead atoms. The van der Waals surface area contributed by atoms with Crippen LogP contribution in [0.2, 0.25) is 0 Å². The van der Waals surface area contributed by atoms with Crippen LogP contribution in [0.5, 0.6) is 0 Å². The van der Waals surface area contributed by atoms with Crippen molar-refractivity contribution in [3.63, 3.8) is 0 Å². The quantitative estimate of drug-likeness (QED) is 0.332. The Kier molecular flexibility index (Phi) is 3.83. The van der Waals surface area contributed by atoms with Crippen molar-refractivity contribution in [2.45, 2.75) is 32.0 Å². The van der Waals surface area contributed by atoms with Gasteiger partial charge in [-0.2, -0.15) is 0 Å². The molecule has 0 unspecified atom stereocenters. The zero-order valence-corrected chi connectivity index (χ0v) is 7.21. The van der Waals surface area contributed by atoms with Crippen LogP contribution in [0.4, 0.5) is 0 Å². The largest absolute Gasteiger partial charge is 0.367 e. The number of rotatable bonds is 6. The van der Waals surface area contributed by atoms with Crippen molar-refractivity contribution in [1.82, 2.24) is 0 Å². The fourth-order valence-electron chi connectivity index (χ4n) is 1.11. The van der Waals surface area contributed by atoms with Gasteiger partial charge in [-0.3, -0.25) is 0 Å². The maximum atomic E-state index is 5.32. The van der Waals surface area contributed by atoms with Gasteiger partial charge >= 0.3 is 0 Å². The minimum Gasteiger partial charge on any atom is -0.367 e. The molecule has 66 valence electrons. The smallest absolute Gasteiger partial charge is 0.146 e. The second-order valence-corrected chi connectivity index (χ2v) is 2.78. The molecule has 0 radical (unpaired) electrons. The summed E-state index contributed by atoms with van der Waals surface area (Å²) in [5.74, 6) is 0. The first-order chi connectivity index (χ1) is 5.38. The third-order valence-electron chi connectivity index (χ3n) is 1.74. The molecule has 1 aliphatic heterocycles. The van der Waals surface area contributed by atoms with Gasteiger partial charge in [0.15, 0.2) is 0 Å². The number of hydrogen-bond acceptors (Lipinski definition) is 3. The van der Waals surface area contributed by atoms with E-state index in [4.69, 9.17) is 14.2 Å². The molecule has 0 aromatic carbocycles. The Labute approximate surface area is 67.6 Å². The van der Waals surface area contributed by atoms with Gasteiger partial charge in [0.25, 0.3) is 0 Å².